The van der Waals surface area contributed by atoms with Crippen molar-refractivity contribution in [3.63, 3.8) is 0 Å². The number of hydrogen-bond donors (Lipinski definition) is 1. The van der Waals surface area contributed by atoms with Gasteiger partial charge in [0.05, 0.1) is 24.6 Å². The second-order valence-corrected chi connectivity index (χ2v) is 5.72. The minimum absolute atomic E-state index is 0.243. The van der Waals surface area contributed by atoms with Gasteiger partial charge < -0.3 is 14.8 Å². The molecule has 1 amide bonds. The van der Waals surface area contributed by atoms with E-state index in [0.29, 0.717) is 36.1 Å². The molecule has 1 heterocycles. The molecule has 1 N–H and O–H groups in total. The number of nitrogens with one attached hydrogen (secondary N) is 1. The van der Waals surface area contributed by atoms with Crippen LogP contribution in [0.2, 0.25) is 0 Å². The molecule has 0 saturated heterocycles. The zero-order chi connectivity index (χ0) is 19.2. The van der Waals surface area contributed by atoms with Gasteiger partial charge in [0.15, 0.2) is 5.69 Å². The Morgan fingerprint density at radius 3 is 2.37 bits per heavy atom. The zero-order valence-corrected chi connectivity index (χ0v) is 15.6. The highest BCUT2D eigenvalue weighted by molar-refractivity contribution is 6.04. The topological polar surface area (TPSA) is 78.3 Å². The summed E-state index contributed by atoms with van der Waals surface area (Å²) in [5, 5.41) is 11.1. The summed E-state index contributed by atoms with van der Waals surface area (Å²) < 4.78 is 12.8. The van der Waals surface area contributed by atoms with Gasteiger partial charge in [0.1, 0.15) is 17.2 Å². The number of carbonyl (C=O) groups excluding carboxylic acids is 1. The Morgan fingerprint density at radius 2 is 1.63 bits per heavy atom. The largest absolute Gasteiger partial charge is 0.492 e. The van der Waals surface area contributed by atoms with Crippen molar-refractivity contribution in [2.75, 3.05) is 18.5 Å². The Hall–Kier alpha value is -3.35. The van der Waals surface area contributed by atoms with E-state index < -0.39 is 0 Å². The maximum Gasteiger partial charge on any atom is 0.278 e. The van der Waals surface area contributed by atoms with Crippen molar-refractivity contribution < 1.29 is 14.3 Å². The number of amides is 1. The molecule has 0 radical (unpaired) electrons. The van der Waals surface area contributed by atoms with Gasteiger partial charge >= 0.3 is 0 Å². The number of benzene rings is 2. The molecule has 2 aromatic carbocycles. The molecule has 27 heavy (non-hydrogen) atoms. The first-order valence-electron chi connectivity index (χ1n) is 8.83. The predicted molar refractivity (Wildman–Crippen MR) is 103 cm³/mol. The lowest BCUT2D eigenvalue weighted by molar-refractivity contribution is 0.102. The van der Waals surface area contributed by atoms with Gasteiger partial charge in [-0.1, -0.05) is 29.5 Å². The van der Waals surface area contributed by atoms with Crippen LogP contribution in [0.1, 0.15) is 30.0 Å². The molecule has 3 aromatic rings. The first-order chi connectivity index (χ1) is 13.2. The van der Waals surface area contributed by atoms with E-state index in [2.05, 4.69) is 15.6 Å². The van der Waals surface area contributed by atoms with Crippen LogP contribution in [-0.4, -0.2) is 34.1 Å². The van der Waals surface area contributed by atoms with Gasteiger partial charge in [-0.15, -0.1) is 5.10 Å². The smallest absolute Gasteiger partial charge is 0.278 e. The van der Waals surface area contributed by atoms with Gasteiger partial charge in [0, 0.05) is 0 Å². The lowest BCUT2D eigenvalue weighted by Crippen LogP contribution is -2.15. The van der Waals surface area contributed by atoms with E-state index in [1.165, 1.54) is 0 Å². The molecule has 0 unspecified atom stereocenters. The summed E-state index contributed by atoms with van der Waals surface area (Å²) in [6.45, 7) is 6.65. The van der Waals surface area contributed by atoms with Crippen molar-refractivity contribution in [1.82, 2.24) is 15.0 Å². The quantitative estimate of drug-likeness (QED) is 0.691. The summed E-state index contributed by atoms with van der Waals surface area (Å²) in [5.74, 6) is 0.946. The van der Waals surface area contributed by atoms with E-state index in [0.717, 1.165) is 5.69 Å². The summed E-state index contributed by atoms with van der Waals surface area (Å²) in [7, 11) is 0. The monoisotopic (exact) mass is 366 g/mol. The molecule has 0 aliphatic rings. The molecular formula is C20H22N4O3. The Labute approximate surface area is 157 Å². The second-order valence-electron chi connectivity index (χ2n) is 5.72. The fourth-order valence-electron chi connectivity index (χ4n) is 2.71. The maximum absolute atomic E-state index is 12.7. The summed E-state index contributed by atoms with van der Waals surface area (Å²) >= 11 is 0. The van der Waals surface area contributed by atoms with Crippen molar-refractivity contribution in [3.05, 3.63) is 59.9 Å². The standard InChI is InChI=1S/C20H22N4O3/c1-4-26-17-12-8-6-10-15(17)21-20(25)19-14(3)24(23-22-19)16-11-7-9-13-18(16)27-5-2/h6-13H,4-5H2,1-3H3,(H,21,25). The third-order valence-electron chi connectivity index (χ3n) is 3.94. The van der Waals surface area contributed by atoms with Crippen LogP contribution in [0.25, 0.3) is 5.69 Å². The van der Waals surface area contributed by atoms with Crippen molar-refractivity contribution in [3.8, 4) is 17.2 Å². The number of hydrogen-bond acceptors (Lipinski definition) is 5. The highest BCUT2D eigenvalue weighted by atomic mass is 16.5. The second kappa shape index (κ2) is 8.35. The fraction of sp³-hybridized carbons (Fsp3) is 0.250. The zero-order valence-electron chi connectivity index (χ0n) is 15.6. The molecule has 0 atom stereocenters. The molecular weight excluding hydrogens is 344 g/mol. The van der Waals surface area contributed by atoms with Gasteiger partial charge in [-0.25, -0.2) is 4.68 Å². The summed E-state index contributed by atoms with van der Waals surface area (Å²) in [6.07, 6.45) is 0. The van der Waals surface area contributed by atoms with E-state index in [1.807, 2.05) is 50.2 Å². The van der Waals surface area contributed by atoms with Crippen LogP contribution in [0.4, 0.5) is 5.69 Å². The molecule has 1 aromatic heterocycles. The normalized spacial score (nSPS) is 10.5. The molecule has 0 fully saturated rings. The van der Waals surface area contributed by atoms with E-state index >= 15 is 0 Å². The lowest BCUT2D eigenvalue weighted by Gasteiger charge is -2.11. The average molecular weight is 366 g/mol. The van der Waals surface area contributed by atoms with Crippen LogP contribution in [0.5, 0.6) is 11.5 Å². The Bertz CT molecular complexity index is 936. The molecule has 0 aliphatic carbocycles. The van der Waals surface area contributed by atoms with Crippen molar-refractivity contribution >= 4 is 11.6 Å². The third kappa shape index (κ3) is 3.92. The average Bonchev–Trinajstić information content (AvgIpc) is 3.06. The Kier molecular flexibility index (Phi) is 5.71. The van der Waals surface area contributed by atoms with Crippen LogP contribution >= 0.6 is 0 Å². The van der Waals surface area contributed by atoms with Gasteiger partial charge in [0.25, 0.3) is 5.91 Å². The molecule has 0 aliphatic heterocycles. The number of rotatable bonds is 7. The first-order valence-corrected chi connectivity index (χ1v) is 8.83. The van der Waals surface area contributed by atoms with Crippen molar-refractivity contribution in [2.45, 2.75) is 20.8 Å². The number of para-hydroxylation sites is 4. The molecule has 7 heteroatoms. The van der Waals surface area contributed by atoms with E-state index in [-0.39, 0.29) is 11.6 Å². The van der Waals surface area contributed by atoms with E-state index in [9.17, 15) is 4.79 Å². The highest BCUT2D eigenvalue weighted by Gasteiger charge is 2.20. The minimum Gasteiger partial charge on any atom is -0.492 e. The predicted octanol–water partition coefficient (Wildman–Crippen LogP) is 3.63. The van der Waals surface area contributed by atoms with Crippen molar-refractivity contribution in [1.29, 1.82) is 0 Å². The van der Waals surface area contributed by atoms with Gasteiger partial charge in [0.2, 0.25) is 0 Å². The molecule has 0 spiro atoms. The number of nitrogens with zero attached hydrogens (tertiary/aromatic N) is 3. The number of ether oxygens (including phenoxy) is 2. The lowest BCUT2D eigenvalue weighted by atomic mass is 10.2. The van der Waals surface area contributed by atoms with Crippen LogP contribution < -0.4 is 14.8 Å². The first kappa shape index (κ1) is 18.4. The number of carbonyl (C=O) groups is 1. The molecule has 140 valence electrons. The Balaban J connectivity index is 1.89. The van der Waals surface area contributed by atoms with Crippen LogP contribution in [-0.2, 0) is 0 Å². The highest BCUT2D eigenvalue weighted by Crippen LogP contribution is 2.26. The minimum atomic E-state index is -0.347. The fourth-order valence-corrected chi connectivity index (χ4v) is 2.71. The summed E-state index contributed by atoms with van der Waals surface area (Å²) in [5.41, 5.74) is 2.19. The summed E-state index contributed by atoms with van der Waals surface area (Å²) in [6, 6.07) is 14.8. The van der Waals surface area contributed by atoms with Gasteiger partial charge in [-0.3, -0.25) is 4.79 Å². The molecule has 7 nitrogen and oxygen atoms in total. The molecule has 0 saturated carbocycles. The van der Waals surface area contributed by atoms with Gasteiger partial charge in [-0.2, -0.15) is 0 Å². The van der Waals surface area contributed by atoms with Crippen LogP contribution in [0.15, 0.2) is 48.5 Å². The SMILES string of the molecule is CCOc1ccccc1NC(=O)c1nnn(-c2ccccc2OCC)c1C. The maximum atomic E-state index is 12.7. The van der Waals surface area contributed by atoms with Crippen LogP contribution in [0, 0.1) is 6.92 Å². The molecule has 3 rings (SSSR count). The van der Waals surface area contributed by atoms with E-state index in [4.69, 9.17) is 9.47 Å². The summed E-state index contributed by atoms with van der Waals surface area (Å²) in [4.78, 5) is 12.7. The number of aromatic nitrogens is 3. The number of anilines is 1. The van der Waals surface area contributed by atoms with Crippen LogP contribution in [0.3, 0.4) is 0 Å². The molecule has 0 bridgehead atoms. The van der Waals surface area contributed by atoms with Gasteiger partial charge in [-0.05, 0) is 45.0 Å². The Morgan fingerprint density at radius 1 is 1.00 bits per heavy atom. The third-order valence-corrected chi connectivity index (χ3v) is 3.94. The van der Waals surface area contributed by atoms with Crippen molar-refractivity contribution in [2.24, 2.45) is 0 Å². The van der Waals surface area contributed by atoms with E-state index in [1.54, 1.807) is 23.7 Å².